The van der Waals surface area contributed by atoms with Crippen molar-refractivity contribution in [2.75, 3.05) is 55.6 Å². The molecule has 4 heterocycles. The third kappa shape index (κ3) is 5.05. The van der Waals surface area contributed by atoms with E-state index in [2.05, 4.69) is 19.5 Å². The van der Waals surface area contributed by atoms with Crippen LogP contribution in [-0.2, 0) is 4.74 Å². The molecule has 2 atom stereocenters. The fourth-order valence-corrected chi connectivity index (χ4v) is 6.47. The van der Waals surface area contributed by atoms with E-state index in [1.54, 1.807) is 12.1 Å². The number of rotatable bonds is 6. The van der Waals surface area contributed by atoms with Crippen molar-refractivity contribution < 1.29 is 13.5 Å². The van der Waals surface area contributed by atoms with Crippen LogP contribution in [0.1, 0.15) is 19.3 Å². The van der Waals surface area contributed by atoms with Gasteiger partial charge in [0, 0.05) is 38.2 Å². The van der Waals surface area contributed by atoms with Gasteiger partial charge in [0.25, 0.3) is 0 Å². The van der Waals surface area contributed by atoms with Crippen LogP contribution in [0.2, 0.25) is 10.0 Å². The average molecular weight is 515 g/mol. The number of benzene rings is 1. The van der Waals surface area contributed by atoms with Crippen molar-refractivity contribution in [3.63, 3.8) is 0 Å². The van der Waals surface area contributed by atoms with Crippen LogP contribution in [0, 0.1) is 23.1 Å². The van der Waals surface area contributed by atoms with Crippen molar-refractivity contribution in [3.05, 3.63) is 46.1 Å². The van der Waals surface area contributed by atoms with Crippen LogP contribution < -0.4 is 9.62 Å². The van der Waals surface area contributed by atoms with Gasteiger partial charge in [0.1, 0.15) is 10.8 Å². The number of pyridine rings is 1. The minimum Gasteiger partial charge on any atom is -0.381 e. The molecule has 1 spiro atoms. The van der Waals surface area contributed by atoms with Crippen molar-refractivity contribution >= 4 is 46.7 Å². The van der Waals surface area contributed by atoms with Gasteiger partial charge >= 0.3 is 0 Å². The second kappa shape index (κ2) is 9.74. The molecule has 3 fully saturated rings. The van der Waals surface area contributed by atoms with E-state index in [9.17, 15) is 4.39 Å². The minimum absolute atomic E-state index is 0.0554. The lowest BCUT2D eigenvalue weighted by Gasteiger charge is -2.25. The highest BCUT2D eigenvalue weighted by molar-refractivity contribution is 8.00. The number of nitrogens with one attached hydrogen (secondary N) is 1. The molecule has 1 aromatic heterocycles. The first-order valence-corrected chi connectivity index (χ1v) is 12.8. The third-order valence-corrected chi connectivity index (χ3v) is 8.60. The van der Waals surface area contributed by atoms with Gasteiger partial charge in [-0.2, -0.15) is 4.39 Å². The molecule has 3 saturated heterocycles. The van der Waals surface area contributed by atoms with Gasteiger partial charge in [-0.1, -0.05) is 29.3 Å². The number of likely N-dealkylation sites (tertiary alicyclic amines) is 1. The zero-order valence-electron chi connectivity index (χ0n) is 18.1. The Labute approximate surface area is 206 Å². The van der Waals surface area contributed by atoms with Crippen LogP contribution in [0.15, 0.2) is 29.2 Å². The standard InChI is InChI=1S/C23H26Cl2F2N4OS/c24-16-10-17(20(25)21(27)22(16)33-29-19-3-1-2-18(26)28-19)31-7-4-15(12-31)11-30-8-5-23(13-30)6-9-32-14-23/h1-3,10,15H,4-9,11-14H2,(H,28,29). The smallest absolute Gasteiger partial charge is 0.214 e. The van der Waals surface area contributed by atoms with E-state index in [1.165, 1.54) is 25.0 Å². The Morgan fingerprint density at radius 1 is 1.24 bits per heavy atom. The number of ether oxygens (including phenoxy) is 1. The lowest BCUT2D eigenvalue weighted by molar-refractivity contribution is 0.150. The number of halogens is 4. The van der Waals surface area contributed by atoms with Gasteiger partial charge in [-0.05, 0) is 61.9 Å². The molecule has 33 heavy (non-hydrogen) atoms. The number of hydrogen-bond acceptors (Lipinski definition) is 6. The Kier molecular flexibility index (Phi) is 6.91. The molecule has 178 valence electrons. The summed E-state index contributed by atoms with van der Waals surface area (Å²) in [6, 6.07) is 6.07. The van der Waals surface area contributed by atoms with E-state index >= 15 is 4.39 Å². The first-order valence-electron chi connectivity index (χ1n) is 11.2. The van der Waals surface area contributed by atoms with Gasteiger partial charge in [0.2, 0.25) is 5.95 Å². The molecule has 0 saturated carbocycles. The molecule has 2 unspecified atom stereocenters. The van der Waals surface area contributed by atoms with Crippen molar-refractivity contribution in [1.82, 2.24) is 9.88 Å². The maximum Gasteiger partial charge on any atom is 0.214 e. The summed E-state index contributed by atoms with van der Waals surface area (Å²) in [5.74, 6) is -0.426. The lowest BCUT2D eigenvalue weighted by Crippen LogP contribution is -2.32. The molecule has 0 radical (unpaired) electrons. The van der Waals surface area contributed by atoms with Gasteiger partial charge < -0.3 is 19.3 Å². The molecule has 5 rings (SSSR count). The average Bonchev–Trinajstić information content (AvgIpc) is 3.54. The molecule has 0 amide bonds. The van der Waals surface area contributed by atoms with Gasteiger partial charge in [0.05, 0.1) is 22.2 Å². The van der Waals surface area contributed by atoms with Crippen LogP contribution in [0.5, 0.6) is 0 Å². The molecule has 5 nitrogen and oxygen atoms in total. The summed E-state index contributed by atoms with van der Waals surface area (Å²) >= 11 is 13.8. The Morgan fingerprint density at radius 2 is 2.12 bits per heavy atom. The molecular weight excluding hydrogens is 489 g/mol. The monoisotopic (exact) mass is 514 g/mol. The molecule has 10 heteroatoms. The predicted molar refractivity (Wildman–Crippen MR) is 129 cm³/mol. The third-order valence-electron chi connectivity index (χ3n) is 6.92. The summed E-state index contributed by atoms with van der Waals surface area (Å²) in [5, 5.41) is 0.312. The maximum atomic E-state index is 15.1. The predicted octanol–water partition coefficient (Wildman–Crippen LogP) is 5.72. The van der Waals surface area contributed by atoms with Crippen molar-refractivity contribution in [1.29, 1.82) is 0 Å². The summed E-state index contributed by atoms with van der Waals surface area (Å²) in [7, 11) is 0. The minimum atomic E-state index is -0.621. The Balaban J connectivity index is 1.22. The highest BCUT2D eigenvalue weighted by Gasteiger charge is 2.42. The molecule has 1 aromatic carbocycles. The normalized spacial score (nSPS) is 25.5. The Bertz CT molecular complexity index is 1020. The van der Waals surface area contributed by atoms with Crippen LogP contribution >= 0.6 is 35.1 Å². The number of nitrogens with zero attached hydrogens (tertiary/aromatic N) is 3. The maximum absolute atomic E-state index is 15.1. The molecule has 2 aromatic rings. The highest BCUT2D eigenvalue weighted by Crippen LogP contribution is 2.42. The quantitative estimate of drug-likeness (QED) is 0.301. The first kappa shape index (κ1) is 23.4. The lowest BCUT2D eigenvalue weighted by atomic mass is 9.87. The van der Waals surface area contributed by atoms with E-state index in [1.807, 2.05) is 0 Å². The van der Waals surface area contributed by atoms with Crippen LogP contribution in [0.25, 0.3) is 0 Å². The molecule has 1 N–H and O–H groups in total. The Hall–Kier alpha value is -1.32. The Morgan fingerprint density at radius 3 is 2.91 bits per heavy atom. The zero-order valence-corrected chi connectivity index (χ0v) is 20.5. The number of anilines is 2. The molecular formula is C23H26Cl2F2N4OS. The van der Waals surface area contributed by atoms with Crippen LogP contribution in [0.4, 0.5) is 20.3 Å². The zero-order chi connectivity index (χ0) is 23.0. The summed E-state index contributed by atoms with van der Waals surface area (Å²) < 4.78 is 36.9. The molecule has 0 aliphatic carbocycles. The summed E-state index contributed by atoms with van der Waals surface area (Å²) in [6.07, 6.45) is 3.43. The topological polar surface area (TPSA) is 40.6 Å². The van der Waals surface area contributed by atoms with E-state index < -0.39 is 11.8 Å². The fraction of sp³-hybridized carbons (Fsp3) is 0.522. The van der Waals surface area contributed by atoms with E-state index in [4.69, 9.17) is 27.9 Å². The summed E-state index contributed by atoms with van der Waals surface area (Å²) in [6.45, 7) is 6.71. The van der Waals surface area contributed by atoms with Crippen molar-refractivity contribution in [2.24, 2.45) is 11.3 Å². The highest BCUT2D eigenvalue weighted by atomic mass is 35.5. The molecule has 3 aliphatic heterocycles. The van der Waals surface area contributed by atoms with E-state index in [0.29, 0.717) is 17.0 Å². The van der Waals surface area contributed by atoms with Crippen molar-refractivity contribution in [3.8, 4) is 0 Å². The second-order valence-electron chi connectivity index (χ2n) is 9.27. The van der Waals surface area contributed by atoms with Crippen molar-refractivity contribution in [2.45, 2.75) is 24.2 Å². The second-order valence-corrected chi connectivity index (χ2v) is 10.9. The van der Waals surface area contributed by atoms with E-state index in [-0.39, 0.29) is 20.8 Å². The van der Waals surface area contributed by atoms with Gasteiger partial charge in [-0.25, -0.2) is 9.37 Å². The van der Waals surface area contributed by atoms with Crippen LogP contribution in [-0.4, -0.2) is 55.8 Å². The summed E-state index contributed by atoms with van der Waals surface area (Å²) in [5.41, 5.74) is 0.984. The van der Waals surface area contributed by atoms with E-state index in [0.717, 1.165) is 64.3 Å². The van der Waals surface area contributed by atoms with Gasteiger partial charge in [-0.15, -0.1) is 0 Å². The number of hydrogen-bond donors (Lipinski definition) is 1. The first-order chi connectivity index (χ1) is 15.9. The van der Waals surface area contributed by atoms with Crippen LogP contribution in [0.3, 0.4) is 0 Å². The molecule has 0 bridgehead atoms. The van der Waals surface area contributed by atoms with Gasteiger partial charge in [-0.3, -0.25) is 0 Å². The van der Waals surface area contributed by atoms with Gasteiger partial charge in [0.15, 0.2) is 5.82 Å². The number of aromatic nitrogens is 1. The largest absolute Gasteiger partial charge is 0.381 e. The fourth-order valence-electron chi connectivity index (χ4n) is 5.18. The SMILES string of the molecule is Fc1cccc(NSc2c(Cl)cc(N3CCC(CN4CCC5(CCOC5)C4)C3)c(Cl)c2F)n1. The molecule has 3 aliphatic rings. The summed E-state index contributed by atoms with van der Waals surface area (Å²) in [4.78, 5) is 8.56.